The first-order valence-electron chi connectivity index (χ1n) is 7.58. The second-order valence-corrected chi connectivity index (χ2v) is 5.59. The number of hydrogen-bond donors (Lipinski definition) is 1. The largest absolute Gasteiger partial charge is 0.435 e. The fourth-order valence-electron chi connectivity index (χ4n) is 2.28. The van der Waals surface area contributed by atoms with E-state index in [1.807, 2.05) is 6.92 Å². The Bertz CT molecular complexity index is 904. The van der Waals surface area contributed by atoms with Gasteiger partial charge in [-0.1, -0.05) is 16.4 Å². The van der Waals surface area contributed by atoms with Crippen LogP contribution >= 0.6 is 0 Å². The number of hydrogen-bond acceptors (Lipinski definition) is 6. The first-order chi connectivity index (χ1) is 12.3. The van der Waals surface area contributed by atoms with Gasteiger partial charge in [-0.3, -0.25) is 0 Å². The Morgan fingerprint density at radius 1 is 1.31 bits per heavy atom. The lowest BCUT2D eigenvalue weighted by Crippen LogP contribution is -2.24. The van der Waals surface area contributed by atoms with Crippen LogP contribution in [0.15, 0.2) is 28.8 Å². The number of benzene rings is 1. The maximum Gasteiger partial charge on any atom is 0.435 e. The molecule has 0 amide bonds. The third-order valence-electron chi connectivity index (χ3n) is 3.64. The molecule has 1 N–H and O–H groups in total. The van der Waals surface area contributed by atoms with Crippen molar-refractivity contribution in [1.82, 2.24) is 30.5 Å². The average molecular weight is 370 g/mol. The second-order valence-electron chi connectivity index (χ2n) is 5.59. The van der Waals surface area contributed by atoms with Gasteiger partial charge in [0.25, 0.3) is 5.89 Å². The van der Waals surface area contributed by atoms with Crippen LogP contribution in [0.25, 0.3) is 17.3 Å². The minimum absolute atomic E-state index is 0.00510. The summed E-state index contributed by atoms with van der Waals surface area (Å²) in [6.45, 7) is 1.86. The lowest BCUT2D eigenvalue weighted by atomic mass is 10.2. The number of rotatable bonds is 5. The van der Waals surface area contributed by atoms with Gasteiger partial charge >= 0.3 is 6.18 Å². The Morgan fingerprint density at radius 3 is 2.73 bits per heavy atom. The summed E-state index contributed by atoms with van der Waals surface area (Å²) in [5, 5.41) is 13.7. The van der Waals surface area contributed by atoms with Gasteiger partial charge in [0.05, 0.1) is 5.69 Å². The van der Waals surface area contributed by atoms with E-state index in [1.54, 1.807) is 7.05 Å². The predicted octanol–water partition coefficient (Wildman–Crippen LogP) is 2.63. The van der Waals surface area contributed by atoms with E-state index in [9.17, 15) is 17.6 Å². The van der Waals surface area contributed by atoms with Gasteiger partial charge in [0.2, 0.25) is 0 Å². The molecule has 3 aromatic rings. The third-order valence-corrected chi connectivity index (χ3v) is 3.64. The highest BCUT2D eigenvalue weighted by Gasteiger charge is 2.42. The highest BCUT2D eigenvalue weighted by Crippen LogP contribution is 2.36. The van der Waals surface area contributed by atoms with Gasteiger partial charge in [-0.25, -0.2) is 9.07 Å². The van der Waals surface area contributed by atoms with Crippen molar-refractivity contribution < 1.29 is 22.1 Å². The second kappa shape index (κ2) is 6.83. The Balaban J connectivity index is 2.06. The summed E-state index contributed by atoms with van der Waals surface area (Å²) in [5.74, 6) is -0.873. The summed E-state index contributed by atoms with van der Waals surface area (Å²) in [7, 11) is 1.73. The quantitative estimate of drug-likeness (QED) is 0.696. The van der Waals surface area contributed by atoms with E-state index in [4.69, 9.17) is 4.52 Å². The SMILES string of the molecule is CNC(C)Cc1noc(-c2nnn(-c3cccc(F)c3)c2C(F)(F)F)n1. The molecule has 26 heavy (non-hydrogen) atoms. The molecule has 0 radical (unpaired) electrons. The van der Waals surface area contributed by atoms with Crippen LogP contribution in [0.1, 0.15) is 18.4 Å². The van der Waals surface area contributed by atoms with Crippen LogP contribution in [0.2, 0.25) is 0 Å². The van der Waals surface area contributed by atoms with Crippen LogP contribution in [-0.4, -0.2) is 38.2 Å². The summed E-state index contributed by atoms with van der Waals surface area (Å²) in [6.07, 6.45) is -4.46. The molecule has 0 aliphatic rings. The highest BCUT2D eigenvalue weighted by atomic mass is 19.4. The summed E-state index contributed by atoms with van der Waals surface area (Å²) >= 11 is 0. The zero-order valence-corrected chi connectivity index (χ0v) is 13.8. The Kier molecular flexibility index (Phi) is 4.72. The van der Waals surface area contributed by atoms with Crippen molar-refractivity contribution in [2.75, 3.05) is 7.05 Å². The van der Waals surface area contributed by atoms with E-state index in [2.05, 4.69) is 25.8 Å². The molecule has 1 aromatic carbocycles. The summed E-state index contributed by atoms with van der Waals surface area (Å²) in [5.41, 5.74) is -1.96. The zero-order valence-electron chi connectivity index (χ0n) is 13.8. The Morgan fingerprint density at radius 2 is 2.08 bits per heavy atom. The third kappa shape index (κ3) is 3.57. The summed E-state index contributed by atoms with van der Waals surface area (Å²) < 4.78 is 59.6. The fourth-order valence-corrected chi connectivity index (χ4v) is 2.28. The van der Waals surface area contributed by atoms with E-state index < -0.39 is 29.3 Å². The van der Waals surface area contributed by atoms with Gasteiger partial charge in [-0.05, 0) is 32.2 Å². The van der Waals surface area contributed by atoms with Gasteiger partial charge in [0, 0.05) is 12.5 Å². The molecule has 0 bridgehead atoms. The standard InChI is InChI=1S/C15H14F4N6O/c1-8(20-2)6-11-21-14(26-23-11)12-13(15(17,18)19)25(24-22-12)10-5-3-4-9(16)7-10/h3-5,7-8,20H,6H2,1-2H3. The number of halogens is 4. The maximum atomic E-state index is 13.6. The number of nitrogens with zero attached hydrogens (tertiary/aromatic N) is 5. The first kappa shape index (κ1) is 18.0. The molecule has 1 atom stereocenters. The lowest BCUT2D eigenvalue weighted by molar-refractivity contribution is -0.142. The molecule has 0 saturated heterocycles. The summed E-state index contributed by atoms with van der Waals surface area (Å²) in [4.78, 5) is 3.96. The van der Waals surface area contributed by atoms with Gasteiger partial charge in [0.15, 0.2) is 17.2 Å². The van der Waals surface area contributed by atoms with Crippen molar-refractivity contribution in [2.24, 2.45) is 0 Å². The highest BCUT2D eigenvalue weighted by molar-refractivity contribution is 5.53. The monoisotopic (exact) mass is 370 g/mol. The van der Waals surface area contributed by atoms with E-state index in [0.717, 1.165) is 12.1 Å². The molecule has 11 heteroatoms. The van der Waals surface area contributed by atoms with Crippen LogP contribution in [0.4, 0.5) is 17.6 Å². The predicted molar refractivity (Wildman–Crippen MR) is 81.8 cm³/mol. The maximum absolute atomic E-state index is 13.6. The Labute approximate surface area is 145 Å². The average Bonchev–Trinajstić information content (AvgIpc) is 3.20. The molecule has 2 aromatic heterocycles. The molecule has 7 nitrogen and oxygen atoms in total. The van der Waals surface area contributed by atoms with Gasteiger partial charge in [-0.15, -0.1) is 5.10 Å². The van der Waals surface area contributed by atoms with Crippen molar-refractivity contribution in [1.29, 1.82) is 0 Å². The number of nitrogens with one attached hydrogen (secondary N) is 1. The van der Waals surface area contributed by atoms with Crippen molar-refractivity contribution in [3.05, 3.63) is 41.6 Å². The van der Waals surface area contributed by atoms with Crippen LogP contribution in [0.5, 0.6) is 0 Å². The normalized spacial score (nSPS) is 13.2. The molecule has 138 valence electrons. The molecule has 2 heterocycles. The zero-order chi connectivity index (χ0) is 18.9. The number of likely N-dealkylation sites (N-methyl/N-ethyl adjacent to an activating group) is 1. The molecule has 0 aliphatic heterocycles. The van der Waals surface area contributed by atoms with E-state index >= 15 is 0 Å². The van der Waals surface area contributed by atoms with Crippen LogP contribution in [0.3, 0.4) is 0 Å². The molecule has 0 fully saturated rings. The molecule has 0 aliphatic carbocycles. The first-order valence-corrected chi connectivity index (χ1v) is 7.58. The molecule has 0 spiro atoms. The van der Waals surface area contributed by atoms with Crippen molar-refractivity contribution >= 4 is 0 Å². The Hall–Kier alpha value is -2.82. The van der Waals surface area contributed by atoms with E-state index in [0.29, 0.717) is 11.1 Å². The fraction of sp³-hybridized carbons (Fsp3) is 0.333. The van der Waals surface area contributed by atoms with Gasteiger partial charge < -0.3 is 9.84 Å². The molecule has 1 unspecified atom stereocenters. The van der Waals surface area contributed by atoms with E-state index in [1.165, 1.54) is 12.1 Å². The number of aromatic nitrogens is 5. The minimum atomic E-state index is -4.82. The molecule has 3 rings (SSSR count). The van der Waals surface area contributed by atoms with Crippen LogP contribution < -0.4 is 5.32 Å². The van der Waals surface area contributed by atoms with Crippen LogP contribution in [0, 0.1) is 5.82 Å². The smallest absolute Gasteiger partial charge is 0.332 e. The lowest BCUT2D eigenvalue weighted by Gasteiger charge is -2.10. The van der Waals surface area contributed by atoms with E-state index in [-0.39, 0.29) is 17.6 Å². The summed E-state index contributed by atoms with van der Waals surface area (Å²) in [6, 6.07) is 4.59. The minimum Gasteiger partial charge on any atom is -0.332 e. The van der Waals surface area contributed by atoms with Crippen molar-refractivity contribution in [3.8, 4) is 17.3 Å². The van der Waals surface area contributed by atoms with Crippen molar-refractivity contribution in [3.63, 3.8) is 0 Å². The molecule has 0 saturated carbocycles. The van der Waals surface area contributed by atoms with Crippen LogP contribution in [-0.2, 0) is 12.6 Å². The van der Waals surface area contributed by atoms with Gasteiger partial charge in [0.1, 0.15) is 5.82 Å². The van der Waals surface area contributed by atoms with Crippen molar-refractivity contribution in [2.45, 2.75) is 25.6 Å². The van der Waals surface area contributed by atoms with Gasteiger partial charge in [-0.2, -0.15) is 18.2 Å². The topological polar surface area (TPSA) is 81.7 Å². The number of alkyl halides is 3. The molecular weight excluding hydrogens is 356 g/mol. The molecular formula is C15H14F4N6O.